The number of rotatable bonds is 8. The van der Waals surface area contributed by atoms with Crippen LogP contribution in [0.4, 0.5) is 13.2 Å². The highest BCUT2D eigenvalue weighted by molar-refractivity contribution is 5.79. The lowest BCUT2D eigenvalue weighted by Gasteiger charge is -2.15. The minimum Gasteiger partial charge on any atom is -0.372 e. The van der Waals surface area contributed by atoms with E-state index in [4.69, 9.17) is 4.74 Å². The Hall–Kier alpha value is -2.54. The number of alkyl halides is 3. The van der Waals surface area contributed by atoms with Gasteiger partial charge < -0.3 is 15.4 Å². The van der Waals surface area contributed by atoms with Crippen molar-refractivity contribution in [3.63, 3.8) is 0 Å². The van der Waals surface area contributed by atoms with Crippen LogP contribution >= 0.6 is 0 Å². The summed E-state index contributed by atoms with van der Waals surface area (Å²) in [6, 6.07) is 17.7. The first kappa shape index (κ1) is 20.8. The van der Waals surface area contributed by atoms with Crippen LogP contribution in [0.5, 0.6) is 0 Å². The Bertz CT molecular complexity index is 718. The van der Waals surface area contributed by atoms with E-state index in [1.807, 2.05) is 54.6 Å². The molecule has 7 heteroatoms. The van der Waals surface area contributed by atoms with Gasteiger partial charge in [-0.2, -0.15) is 13.2 Å². The number of hydrogen-bond donors (Lipinski definition) is 2. The van der Waals surface area contributed by atoms with Crippen LogP contribution in [0.1, 0.15) is 23.1 Å². The molecule has 146 valence electrons. The quantitative estimate of drug-likeness (QED) is 0.538. The van der Waals surface area contributed by atoms with Gasteiger partial charge in [0.05, 0.1) is 19.6 Å². The fourth-order valence-corrected chi connectivity index (χ4v) is 2.45. The third-order valence-electron chi connectivity index (χ3n) is 3.86. The minimum absolute atomic E-state index is 0.217. The molecule has 0 amide bonds. The van der Waals surface area contributed by atoms with Crippen LogP contribution in [-0.4, -0.2) is 25.7 Å². The van der Waals surface area contributed by atoms with Gasteiger partial charge >= 0.3 is 6.18 Å². The summed E-state index contributed by atoms with van der Waals surface area (Å²) in [6.07, 6.45) is -5.09. The minimum atomic E-state index is -4.19. The maximum atomic E-state index is 12.2. The Morgan fingerprint density at radius 1 is 0.926 bits per heavy atom. The highest BCUT2D eigenvalue weighted by Gasteiger charge is 2.26. The van der Waals surface area contributed by atoms with E-state index in [1.165, 1.54) is 7.05 Å². The van der Waals surface area contributed by atoms with Crippen LogP contribution in [0.25, 0.3) is 0 Å². The fourth-order valence-electron chi connectivity index (χ4n) is 2.45. The van der Waals surface area contributed by atoms with Crippen LogP contribution in [0.3, 0.4) is 0 Å². The zero-order valence-electron chi connectivity index (χ0n) is 15.2. The summed E-state index contributed by atoms with van der Waals surface area (Å²) < 4.78 is 42.5. The van der Waals surface area contributed by atoms with Crippen molar-refractivity contribution in [2.45, 2.75) is 32.4 Å². The van der Waals surface area contributed by atoms with Gasteiger partial charge in [0.2, 0.25) is 0 Å². The maximum absolute atomic E-state index is 12.2. The molecule has 0 saturated heterocycles. The topological polar surface area (TPSA) is 45.7 Å². The Morgan fingerprint density at radius 3 is 2.26 bits per heavy atom. The molecule has 0 radical (unpaired) electrons. The summed E-state index contributed by atoms with van der Waals surface area (Å²) in [5.41, 5.74) is 3.12. The highest BCUT2D eigenvalue weighted by Crippen LogP contribution is 2.18. The summed E-state index contributed by atoms with van der Waals surface area (Å²) in [7, 11) is 1.53. The second-order valence-electron chi connectivity index (χ2n) is 5.96. The molecule has 2 N–H and O–H groups in total. The number of halogens is 3. The zero-order valence-corrected chi connectivity index (χ0v) is 15.2. The number of guanidine groups is 1. The predicted molar refractivity (Wildman–Crippen MR) is 100 cm³/mol. The molecule has 27 heavy (non-hydrogen) atoms. The highest BCUT2D eigenvalue weighted by atomic mass is 19.4. The first-order valence-electron chi connectivity index (χ1n) is 8.67. The Morgan fingerprint density at radius 2 is 1.59 bits per heavy atom. The van der Waals surface area contributed by atoms with Crippen LogP contribution in [0, 0.1) is 0 Å². The summed E-state index contributed by atoms with van der Waals surface area (Å²) in [5, 5.41) is 5.70. The first-order chi connectivity index (χ1) is 13.0. The smallest absolute Gasteiger partial charge is 0.372 e. The third kappa shape index (κ3) is 8.13. The molecular formula is C20H24F3N3O. The van der Waals surface area contributed by atoms with Crippen LogP contribution < -0.4 is 10.6 Å². The van der Waals surface area contributed by atoms with Gasteiger partial charge in [-0.15, -0.1) is 0 Å². The zero-order chi connectivity index (χ0) is 19.5. The monoisotopic (exact) mass is 379 g/mol. The Labute approximate surface area is 157 Å². The van der Waals surface area contributed by atoms with Crippen LogP contribution in [-0.2, 0) is 24.5 Å². The third-order valence-corrected chi connectivity index (χ3v) is 3.86. The number of nitrogens with zero attached hydrogens (tertiary/aromatic N) is 1. The van der Waals surface area contributed by atoms with Gasteiger partial charge in [-0.25, -0.2) is 0 Å². The molecule has 0 aliphatic heterocycles. The Balaban J connectivity index is 1.83. The molecule has 0 fully saturated rings. The lowest BCUT2D eigenvalue weighted by Crippen LogP contribution is -2.38. The fraction of sp³-hybridized carbons (Fsp3) is 0.350. The van der Waals surface area contributed by atoms with Gasteiger partial charge in [0.15, 0.2) is 5.96 Å². The molecule has 0 spiro atoms. The standard InChI is InChI=1S/C20H24F3N3O/c1-24-19(25-12-11-20(21,22)23)26-13-17-9-5-6-10-18(17)15-27-14-16-7-3-2-4-8-16/h2-10H,11-15H2,1H3,(H2,24,25,26). The second-order valence-corrected chi connectivity index (χ2v) is 5.96. The predicted octanol–water partition coefficient (Wildman–Crippen LogP) is 4.02. The summed E-state index contributed by atoms with van der Waals surface area (Å²) >= 11 is 0. The molecular weight excluding hydrogens is 355 g/mol. The molecule has 0 atom stereocenters. The molecule has 0 unspecified atom stereocenters. The molecule has 2 aromatic rings. The number of benzene rings is 2. The molecule has 0 heterocycles. The van der Waals surface area contributed by atoms with E-state index < -0.39 is 12.6 Å². The number of nitrogens with one attached hydrogen (secondary N) is 2. The summed E-state index contributed by atoms with van der Waals surface area (Å²) in [6.45, 7) is 1.19. The SMILES string of the molecule is CN=C(NCCC(F)(F)F)NCc1ccccc1COCc1ccccc1. The van der Waals surface area contributed by atoms with Gasteiger partial charge in [0, 0.05) is 20.1 Å². The van der Waals surface area contributed by atoms with E-state index in [0.29, 0.717) is 25.7 Å². The lowest BCUT2D eigenvalue weighted by atomic mass is 10.1. The van der Waals surface area contributed by atoms with Crippen molar-refractivity contribution in [1.82, 2.24) is 10.6 Å². The van der Waals surface area contributed by atoms with E-state index in [-0.39, 0.29) is 6.54 Å². The molecule has 4 nitrogen and oxygen atoms in total. The van der Waals surface area contributed by atoms with Crippen molar-refractivity contribution < 1.29 is 17.9 Å². The van der Waals surface area contributed by atoms with Gasteiger partial charge in [-0.1, -0.05) is 54.6 Å². The molecule has 0 aromatic heterocycles. The molecule has 2 rings (SSSR count). The maximum Gasteiger partial charge on any atom is 0.390 e. The van der Waals surface area contributed by atoms with Crippen molar-refractivity contribution >= 4 is 5.96 Å². The van der Waals surface area contributed by atoms with E-state index in [1.54, 1.807) is 0 Å². The van der Waals surface area contributed by atoms with Crippen LogP contribution in [0.2, 0.25) is 0 Å². The number of ether oxygens (including phenoxy) is 1. The number of aliphatic imine (C=N–C) groups is 1. The molecule has 2 aromatic carbocycles. The summed E-state index contributed by atoms with van der Waals surface area (Å²) in [5.74, 6) is 0.333. The van der Waals surface area contributed by atoms with Crippen LogP contribution in [0.15, 0.2) is 59.6 Å². The van der Waals surface area contributed by atoms with Crippen molar-refractivity contribution in [2.24, 2.45) is 4.99 Å². The van der Waals surface area contributed by atoms with E-state index in [0.717, 1.165) is 16.7 Å². The van der Waals surface area contributed by atoms with Gasteiger partial charge in [0.1, 0.15) is 0 Å². The van der Waals surface area contributed by atoms with E-state index in [9.17, 15) is 13.2 Å². The van der Waals surface area contributed by atoms with Crippen molar-refractivity contribution in [3.8, 4) is 0 Å². The normalized spacial score (nSPS) is 12.1. The molecule has 0 saturated carbocycles. The van der Waals surface area contributed by atoms with E-state index in [2.05, 4.69) is 15.6 Å². The van der Waals surface area contributed by atoms with Crippen molar-refractivity contribution in [2.75, 3.05) is 13.6 Å². The van der Waals surface area contributed by atoms with E-state index >= 15 is 0 Å². The molecule has 0 bridgehead atoms. The molecule has 0 aliphatic carbocycles. The number of hydrogen-bond acceptors (Lipinski definition) is 2. The lowest BCUT2D eigenvalue weighted by molar-refractivity contribution is -0.132. The second kappa shape index (κ2) is 10.6. The van der Waals surface area contributed by atoms with Gasteiger partial charge in [-0.3, -0.25) is 4.99 Å². The average molecular weight is 379 g/mol. The Kier molecular flexibility index (Phi) is 8.13. The van der Waals surface area contributed by atoms with Crippen molar-refractivity contribution in [3.05, 3.63) is 71.3 Å². The van der Waals surface area contributed by atoms with Crippen molar-refractivity contribution in [1.29, 1.82) is 0 Å². The molecule has 0 aliphatic rings. The summed E-state index contributed by atoms with van der Waals surface area (Å²) in [4.78, 5) is 3.95. The average Bonchev–Trinajstić information content (AvgIpc) is 2.65. The first-order valence-corrected chi connectivity index (χ1v) is 8.67. The van der Waals surface area contributed by atoms with Gasteiger partial charge in [0.25, 0.3) is 0 Å². The largest absolute Gasteiger partial charge is 0.390 e. The van der Waals surface area contributed by atoms with Gasteiger partial charge in [-0.05, 0) is 16.7 Å².